The molecule has 0 N–H and O–H groups in total. The van der Waals surface area contributed by atoms with Crippen molar-refractivity contribution in [1.29, 1.82) is 0 Å². The van der Waals surface area contributed by atoms with Crippen LogP contribution in [-0.4, -0.2) is 9.55 Å². The molecule has 0 amide bonds. The van der Waals surface area contributed by atoms with Gasteiger partial charge in [0.2, 0.25) is 5.52 Å². The third-order valence-corrected chi connectivity index (χ3v) is 5.59. The summed E-state index contributed by atoms with van der Waals surface area (Å²) in [5, 5.41) is 1.77. The van der Waals surface area contributed by atoms with E-state index in [9.17, 15) is 4.79 Å². The Morgan fingerprint density at radius 2 is 1.92 bits per heavy atom. The molecule has 1 saturated carbocycles. The Kier molecular flexibility index (Phi) is 5.52. The SMILES string of the molecule is CC.C[n+]1cccc2c(Br)cc3c(=O)n(C4CCCCC4)cnc3c21. The number of nitrogens with zero attached hydrogens (tertiary/aromatic N) is 3. The van der Waals surface area contributed by atoms with Crippen molar-refractivity contribution < 1.29 is 4.57 Å². The molecule has 2 aromatic heterocycles. The number of aryl methyl sites for hydroxylation is 1. The molecule has 4 rings (SSSR count). The van der Waals surface area contributed by atoms with Gasteiger partial charge in [0.25, 0.3) is 5.56 Å². The van der Waals surface area contributed by atoms with Crippen LogP contribution in [0, 0.1) is 0 Å². The molecule has 1 aliphatic carbocycles. The van der Waals surface area contributed by atoms with Gasteiger partial charge in [0.1, 0.15) is 12.6 Å². The molecule has 1 fully saturated rings. The van der Waals surface area contributed by atoms with Crippen molar-refractivity contribution in [3.63, 3.8) is 0 Å². The van der Waals surface area contributed by atoms with Crippen LogP contribution < -0.4 is 10.1 Å². The molecule has 0 spiro atoms. The molecule has 132 valence electrons. The number of pyridine rings is 1. The van der Waals surface area contributed by atoms with Crippen LogP contribution in [0.15, 0.2) is 40.0 Å². The molecule has 2 heterocycles. The molecule has 0 radical (unpaired) electrons. The van der Waals surface area contributed by atoms with Crippen molar-refractivity contribution >= 4 is 37.7 Å². The lowest BCUT2D eigenvalue weighted by Crippen LogP contribution is -2.30. The van der Waals surface area contributed by atoms with E-state index in [2.05, 4.69) is 20.9 Å². The Labute approximate surface area is 156 Å². The lowest BCUT2D eigenvalue weighted by molar-refractivity contribution is -0.644. The van der Waals surface area contributed by atoms with Crippen LogP contribution in [0.3, 0.4) is 0 Å². The Hall–Kier alpha value is -1.75. The summed E-state index contributed by atoms with van der Waals surface area (Å²) in [5.41, 5.74) is 1.85. The molecule has 5 heteroatoms. The summed E-state index contributed by atoms with van der Waals surface area (Å²) in [4.78, 5) is 17.7. The van der Waals surface area contributed by atoms with E-state index in [-0.39, 0.29) is 5.56 Å². The standard InChI is InChI=1S/C18H19BrN3O.C2H6/c1-21-9-5-8-13-15(19)10-14-16(17(13)21)20-11-22(18(14)23)12-6-3-2-4-7-12;1-2/h5,8-12H,2-4,6-7H2,1H3;1-2H3/q+1;. The summed E-state index contributed by atoms with van der Waals surface area (Å²) in [5.74, 6) is 0. The summed E-state index contributed by atoms with van der Waals surface area (Å²) in [6, 6.07) is 6.27. The maximum Gasteiger partial charge on any atom is 0.261 e. The van der Waals surface area contributed by atoms with Crippen molar-refractivity contribution in [1.82, 2.24) is 9.55 Å². The summed E-state index contributed by atoms with van der Waals surface area (Å²) in [6.07, 6.45) is 9.57. The molecule has 25 heavy (non-hydrogen) atoms. The first-order valence-corrected chi connectivity index (χ1v) is 9.94. The highest BCUT2D eigenvalue weighted by molar-refractivity contribution is 9.10. The van der Waals surface area contributed by atoms with Crippen molar-refractivity contribution in [2.24, 2.45) is 7.05 Å². The van der Waals surface area contributed by atoms with E-state index >= 15 is 0 Å². The van der Waals surface area contributed by atoms with Crippen LogP contribution in [0.5, 0.6) is 0 Å². The second-order valence-corrected chi connectivity index (χ2v) is 7.24. The van der Waals surface area contributed by atoms with Crippen LogP contribution in [0.1, 0.15) is 52.0 Å². The third kappa shape index (κ3) is 3.22. The van der Waals surface area contributed by atoms with Gasteiger partial charge in [-0.25, -0.2) is 4.98 Å². The predicted molar refractivity (Wildman–Crippen MR) is 106 cm³/mol. The summed E-state index contributed by atoms with van der Waals surface area (Å²) < 4.78 is 4.82. The zero-order valence-corrected chi connectivity index (χ0v) is 16.7. The first-order valence-electron chi connectivity index (χ1n) is 9.14. The maximum absolute atomic E-state index is 13.0. The topological polar surface area (TPSA) is 38.8 Å². The monoisotopic (exact) mass is 402 g/mol. The highest BCUT2D eigenvalue weighted by atomic mass is 79.9. The van der Waals surface area contributed by atoms with E-state index in [1.54, 1.807) is 6.33 Å². The minimum atomic E-state index is 0.0772. The smallest absolute Gasteiger partial charge is 0.261 e. The van der Waals surface area contributed by atoms with Crippen molar-refractivity contribution in [3.8, 4) is 0 Å². The third-order valence-electron chi connectivity index (χ3n) is 4.93. The number of fused-ring (bicyclic) bond motifs is 3. The average Bonchev–Trinajstić information content (AvgIpc) is 2.65. The van der Waals surface area contributed by atoms with Crippen LogP contribution in [-0.2, 0) is 7.05 Å². The second kappa shape index (κ2) is 7.65. The molecular weight excluding hydrogens is 378 g/mol. The minimum Gasteiger partial charge on any atom is -0.296 e. The van der Waals surface area contributed by atoms with E-state index in [0.717, 1.165) is 33.7 Å². The van der Waals surface area contributed by atoms with Gasteiger partial charge in [-0.1, -0.05) is 33.1 Å². The first-order chi connectivity index (χ1) is 12.2. The van der Waals surface area contributed by atoms with Crippen molar-refractivity contribution in [2.45, 2.75) is 52.0 Å². The second-order valence-electron chi connectivity index (χ2n) is 6.38. The number of hydrogen-bond acceptors (Lipinski definition) is 2. The summed E-state index contributed by atoms with van der Waals surface area (Å²) in [6.45, 7) is 4.00. The number of rotatable bonds is 1. The van der Waals surface area contributed by atoms with Gasteiger partial charge in [0, 0.05) is 16.6 Å². The number of aromatic nitrogens is 3. The predicted octanol–water partition coefficient (Wildman–Crippen LogP) is 4.67. The highest BCUT2D eigenvalue weighted by Gasteiger charge is 2.21. The van der Waals surface area contributed by atoms with Gasteiger partial charge < -0.3 is 0 Å². The molecule has 0 saturated heterocycles. The largest absolute Gasteiger partial charge is 0.296 e. The Morgan fingerprint density at radius 3 is 2.64 bits per heavy atom. The van der Waals surface area contributed by atoms with E-state index < -0.39 is 0 Å². The fourth-order valence-corrected chi connectivity index (χ4v) is 4.27. The zero-order chi connectivity index (χ0) is 18.0. The number of benzene rings is 1. The molecule has 3 aromatic rings. The summed E-state index contributed by atoms with van der Waals surface area (Å²) >= 11 is 3.62. The fourth-order valence-electron chi connectivity index (χ4n) is 3.72. The van der Waals surface area contributed by atoms with Crippen molar-refractivity contribution in [3.05, 3.63) is 45.5 Å². The highest BCUT2D eigenvalue weighted by Crippen LogP contribution is 2.29. The fraction of sp³-hybridized carbons (Fsp3) is 0.450. The van der Waals surface area contributed by atoms with Gasteiger partial charge in [-0.05, 0) is 40.9 Å². The maximum atomic E-state index is 13.0. The molecule has 1 aromatic carbocycles. The number of hydrogen-bond donors (Lipinski definition) is 0. The van der Waals surface area contributed by atoms with Crippen LogP contribution in [0.25, 0.3) is 21.8 Å². The molecule has 0 aliphatic heterocycles. The Morgan fingerprint density at radius 1 is 1.20 bits per heavy atom. The molecule has 0 bridgehead atoms. The van der Waals surface area contributed by atoms with Crippen LogP contribution >= 0.6 is 15.9 Å². The number of halogens is 1. The Bertz CT molecular complexity index is 958. The first kappa shape index (κ1) is 18.1. The summed E-state index contributed by atoms with van der Waals surface area (Å²) in [7, 11) is 1.99. The zero-order valence-electron chi connectivity index (χ0n) is 15.1. The molecular formula is C20H25BrN3O+. The van der Waals surface area contributed by atoms with Gasteiger partial charge in [-0.2, -0.15) is 4.57 Å². The van der Waals surface area contributed by atoms with Crippen LogP contribution in [0.4, 0.5) is 0 Å². The van der Waals surface area contributed by atoms with E-state index in [1.165, 1.54) is 19.3 Å². The quantitative estimate of drug-likeness (QED) is 0.438. The lowest BCUT2D eigenvalue weighted by Gasteiger charge is -2.23. The van der Waals surface area contributed by atoms with E-state index in [0.29, 0.717) is 11.4 Å². The molecule has 0 atom stereocenters. The van der Waals surface area contributed by atoms with Crippen molar-refractivity contribution in [2.75, 3.05) is 0 Å². The molecule has 1 aliphatic rings. The average molecular weight is 403 g/mol. The van der Waals surface area contributed by atoms with Crippen LogP contribution in [0.2, 0.25) is 0 Å². The normalized spacial score (nSPS) is 15.2. The Balaban J connectivity index is 0.000000880. The van der Waals surface area contributed by atoms with Gasteiger partial charge in [0.05, 0.1) is 17.1 Å². The van der Waals surface area contributed by atoms with Gasteiger partial charge in [-0.15, -0.1) is 0 Å². The minimum absolute atomic E-state index is 0.0772. The van der Waals surface area contributed by atoms with Gasteiger partial charge >= 0.3 is 0 Å². The van der Waals surface area contributed by atoms with Gasteiger partial charge in [-0.3, -0.25) is 9.36 Å². The van der Waals surface area contributed by atoms with E-state index in [4.69, 9.17) is 0 Å². The van der Waals surface area contributed by atoms with E-state index in [1.807, 2.05) is 54.4 Å². The molecule has 4 nitrogen and oxygen atoms in total. The lowest BCUT2D eigenvalue weighted by atomic mass is 9.95. The molecule has 0 unspecified atom stereocenters. The van der Waals surface area contributed by atoms with Gasteiger partial charge in [0.15, 0.2) is 6.20 Å².